The standard InChI is InChI=1S/C59H94O27/c1-10-22(2)47(75)84-45-44(72)59-28(18-53(45,3)4)58(86-52(59)77)16-12-27-55(7)14-13-30(54(5,6)26(55)11-15-56(27,8)57(58,9)19-29(59)62)80-51-43(78-24-17-23(20-60)31(63)34(66)32(24)64)40(39(71)41(82-51)46(73)74)81-50-42(36(68)33(65)25(21-61)79-50)83-49-38(70)35(67)37(69)48(76)85-49/h10,23-45,48-52,60-72,76-77H,11-21H2,1-9H3,(H,73,74)/b22-10-/t23-,24-,25-,26+,27-,28+,29-,30+,31+,32-,33+,34+,35-,36+,37-,38-,39+,40+,41+,42-,43-,44+,45+,48-,49-,50+,51-,52+,55+,56-,57+,58+,59-/m1/s1. The van der Waals surface area contributed by atoms with Gasteiger partial charge in [0, 0.05) is 34.8 Å². The number of carbonyl (C=O) groups is 2. The topological polar surface area (TPSA) is 441 Å². The Hall–Kier alpha value is -2.24. The minimum absolute atomic E-state index is 0.0240. The van der Waals surface area contributed by atoms with Crippen molar-refractivity contribution in [3.63, 3.8) is 0 Å². The number of hydrogen-bond donors (Lipinski definition) is 16. The summed E-state index contributed by atoms with van der Waals surface area (Å²) >= 11 is 0. The number of esters is 1. The second-order valence-corrected chi connectivity index (χ2v) is 28.8. The number of aliphatic hydroxyl groups is 15. The van der Waals surface area contributed by atoms with Crippen LogP contribution in [0.25, 0.3) is 0 Å². The molecule has 0 aromatic rings. The number of allylic oxidation sites excluding steroid dienone is 1. The van der Waals surface area contributed by atoms with Gasteiger partial charge in [-0.15, -0.1) is 0 Å². The molecule has 0 amide bonds. The summed E-state index contributed by atoms with van der Waals surface area (Å²) in [5.74, 6) is -4.11. The fourth-order valence-electron chi connectivity index (χ4n) is 19.0. The SMILES string of the molecule is C/C=C(/C)C(=O)O[C@H]1[C@H](O)[C@@]23[C@H](O)C[C@]4(C)[C@@](CC[C@@H]5[C@@]6(C)CC[C@H](O[C@@H]7O[C@H](C(=O)O)[C@@H](O)[C@H](O[C@@H]8O[C@H](CO)[C@H](O)[C@H](O)[C@H]8O[C@@H]8O[C@@H](O)[C@H](O)[C@@H](O)[C@H]8O)[C@H]7O[C@@H]7C[C@H](CO)[C@H](O)[C@H](O)[C@@H]7O)C(C)(C)[C@@H]6CC[C@]54C)(O[C@@H]2O)[C@@H]3CC1(C)C. The number of carboxylic acids is 1. The van der Waals surface area contributed by atoms with Gasteiger partial charge in [0.1, 0.15) is 85.5 Å². The predicted molar refractivity (Wildman–Crippen MR) is 288 cm³/mol. The van der Waals surface area contributed by atoms with Gasteiger partial charge in [-0.1, -0.05) is 54.5 Å². The molecule has 27 heteroatoms. The molecule has 6 aliphatic carbocycles. The molecule has 0 unspecified atom stereocenters. The third kappa shape index (κ3) is 9.84. The summed E-state index contributed by atoms with van der Waals surface area (Å²) in [6.45, 7) is 16.2. The number of aliphatic hydroxyl groups excluding tert-OH is 15. The first-order valence-electron chi connectivity index (χ1n) is 30.5. The Balaban J connectivity index is 0.963. The summed E-state index contributed by atoms with van der Waals surface area (Å²) in [5.41, 5.74) is -5.63. The van der Waals surface area contributed by atoms with Gasteiger partial charge in [0.05, 0.1) is 42.0 Å². The Labute approximate surface area is 498 Å². The highest BCUT2D eigenvalue weighted by Gasteiger charge is 2.85. The molecular weight excluding hydrogens is 1140 g/mol. The van der Waals surface area contributed by atoms with Gasteiger partial charge in [0.25, 0.3) is 0 Å². The molecule has 27 nitrogen and oxygen atoms in total. The van der Waals surface area contributed by atoms with Gasteiger partial charge in [-0.25, -0.2) is 9.59 Å². The first-order chi connectivity index (χ1) is 40.1. The maximum Gasteiger partial charge on any atom is 0.335 e. The zero-order valence-electron chi connectivity index (χ0n) is 50.2. The highest BCUT2D eigenvalue weighted by molar-refractivity contribution is 5.87. The van der Waals surface area contributed by atoms with Gasteiger partial charge in [0.15, 0.2) is 37.6 Å². The quantitative estimate of drug-likeness (QED) is 0.0501. The van der Waals surface area contributed by atoms with Crippen LogP contribution in [0.15, 0.2) is 11.6 Å². The molecule has 86 heavy (non-hydrogen) atoms. The Kier molecular flexibility index (Phi) is 18.1. The van der Waals surface area contributed by atoms with E-state index in [0.717, 1.165) is 0 Å². The molecule has 4 heterocycles. The largest absolute Gasteiger partial charge is 0.479 e. The molecule has 2 bridgehead atoms. The molecular formula is C59H94O27. The highest BCUT2D eigenvalue weighted by Crippen LogP contribution is 2.81. The number of hydrogen-bond acceptors (Lipinski definition) is 26. The zero-order chi connectivity index (χ0) is 63.2. The lowest BCUT2D eigenvalue weighted by Crippen LogP contribution is -2.77. The second-order valence-electron chi connectivity index (χ2n) is 28.8. The third-order valence-corrected chi connectivity index (χ3v) is 24.0. The lowest BCUT2D eigenvalue weighted by Gasteiger charge is -2.75. The monoisotopic (exact) mass is 1230 g/mol. The maximum atomic E-state index is 13.3. The second kappa shape index (κ2) is 23.4. The van der Waals surface area contributed by atoms with Crippen molar-refractivity contribution in [1.82, 2.24) is 0 Å². The minimum Gasteiger partial charge on any atom is -0.479 e. The van der Waals surface area contributed by atoms with Crippen molar-refractivity contribution in [3.05, 3.63) is 11.6 Å². The van der Waals surface area contributed by atoms with Crippen LogP contribution >= 0.6 is 0 Å². The van der Waals surface area contributed by atoms with Crippen molar-refractivity contribution in [1.29, 1.82) is 0 Å². The normalized spacial score (nSPS) is 55.0. The molecule has 10 aliphatic rings. The number of ether oxygens (including phenoxy) is 9. The molecule has 33 atom stereocenters. The van der Waals surface area contributed by atoms with E-state index in [1.807, 2.05) is 27.7 Å². The molecule has 492 valence electrons. The van der Waals surface area contributed by atoms with Crippen LogP contribution in [0.3, 0.4) is 0 Å². The van der Waals surface area contributed by atoms with Gasteiger partial charge in [-0.05, 0) is 99.7 Å². The van der Waals surface area contributed by atoms with Gasteiger partial charge < -0.3 is 124 Å². The Morgan fingerprint density at radius 1 is 0.605 bits per heavy atom. The van der Waals surface area contributed by atoms with Crippen LogP contribution in [0.1, 0.15) is 120 Å². The van der Waals surface area contributed by atoms with Gasteiger partial charge >= 0.3 is 11.9 Å². The third-order valence-electron chi connectivity index (χ3n) is 24.0. The van der Waals surface area contributed by atoms with Crippen molar-refractivity contribution in [2.45, 2.75) is 273 Å². The summed E-state index contributed by atoms with van der Waals surface area (Å²) in [7, 11) is 0. The number of rotatable bonds is 13. The molecule has 0 radical (unpaired) electrons. The van der Waals surface area contributed by atoms with Crippen LogP contribution in [0, 0.1) is 56.2 Å². The molecule has 10 fully saturated rings. The fourth-order valence-corrected chi connectivity index (χ4v) is 19.0. The first kappa shape index (κ1) is 66.7. The lowest BCUT2D eigenvalue weighted by molar-refractivity contribution is -0.404. The number of aliphatic carboxylic acids is 1. The molecule has 10 rings (SSSR count). The summed E-state index contributed by atoms with van der Waals surface area (Å²) in [6, 6.07) is 0. The number of carbonyl (C=O) groups excluding carboxylic acids is 1. The Bertz CT molecular complexity index is 2500. The van der Waals surface area contributed by atoms with Crippen LogP contribution in [0.5, 0.6) is 0 Å². The van der Waals surface area contributed by atoms with Crippen molar-refractivity contribution < 1.29 is 134 Å². The Morgan fingerprint density at radius 2 is 1.24 bits per heavy atom. The van der Waals surface area contributed by atoms with E-state index in [-0.39, 0.29) is 24.7 Å². The van der Waals surface area contributed by atoms with Gasteiger partial charge in [-0.2, -0.15) is 0 Å². The first-order valence-corrected chi connectivity index (χ1v) is 30.5. The van der Waals surface area contributed by atoms with Crippen molar-refractivity contribution >= 4 is 11.9 Å². The molecule has 4 saturated heterocycles. The summed E-state index contributed by atoms with van der Waals surface area (Å²) < 4.78 is 56.0. The molecule has 4 aliphatic heterocycles. The van der Waals surface area contributed by atoms with Crippen LogP contribution in [-0.2, 0) is 52.2 Å². The van der Waals surface area contributed by atoms with Crippen LogP contribution in [0.4, 0.5) is 0 Å². The van der Waals surface area contributed by atoms with E-state index in [1.54, 1.807) is 19.9 Å². The zero-order valence-corrected chi connectivity index (χ0v) is 50.2. The van der Waals surface area contributed by atoms with Crippen molar-refractivity contribution in [2.75, 3.05) is 13.2 Å². The fraction of sp³-hybridized carbons (Fsp3) is 0.932. The van der Waals surface area contributed by atoms with E-state index in [2.05, 4.69) is 20.8 Å². The van der Waals surface area contributed by atoms with E-state index in [1.165, 1.54) is 0 Å². The van der Waals surface area contributed by atoms with E-state index in [9.17, 15) is 91.3 Å². The average molecular weight is 1240 g/mol. The summed E-state index contributed by atoms with van der Waals surface area (Å²) in [4.78, 5) is 26.5. The number of carboxylic acid groups (broad SMARTS) is 1. The van der Waals surface area contributed by atoms with Gasteiger partial charge in [0.2, 0.25) is 0 Å². The van der Waals surface area contributed by atoms with Crippen molar-refractivity contribution in [2.24, 2.45) is 56.2 Å². The van der Waals surface area contributed by atoms with E-state index in [0.29, 0.717) is 50.5 Å². The van der Waals surface area contributed by atoms with E-state index >= 15 is 0 Å². The van der Waals surface area contributed by atoms with E-state index < -0.39 is 223 Å². The smallest absolute Gasteiger partial charge is 0.335 e. The Morgan fingerprint density at radius 3 is 1.88 bits per heavy atom. The summed E-state index contributed by atoms with van der Waals surface area (Å²) in [5, 5.41) is 179. The van der Waals surface area contributed by atoms with Gasteiger partial charge in [-0.3, -0.25) is 0 Å². The van der Waals surface area contributed by atoms with Crippen molar-refractivity contribution in [3.8, 4) is 0 Å². The maximum absolute atomic E-state index is 13.3. The number of fused-ring (bicyclic) bond motifs is 4. The van der Waals surface area contributed by atoms with Crippen LogP contribution < -0.4 is 0 Å². The van der Waals surface area contributed by atoms with Crippen LogP contribution in [0.2, 0.25) is 0 Å². The molecule has 1 spiro atoms. The minimum atomic E-state index is -2.27. The highest BCUT2D eigenvalue weighted by atomic mass is 16.8. The average Bonchev–Trinajstić information content (AvgIpc) is 1.34. The molecule has 0 aromatic carbocycles. The molecule has 6 saturated carbocycles. The summed E-state index contributed by atoms with van der Waals surface area (Å²) in [6.07, 6.45) is -38.8. The molecule has 16 N–H and O–H groups in total. The predicted octanol–water partition coefficient (Wildman–Crippen LogP) is -2.86. The van der Waals surface area contributed by atoms with E-state index in [4.69, 9.17) is 42.6 Å². The van der Waals surface area contributed by atoms with Crippen LogP contribution in [-0.4, -0.2) is 260 Å². The molecule has 0 aromatic heterocycles. The lowest BCUT2D eigenvalue weighted by atomic mass is 9.30.